The van der Waals surface area contributed by atoms with Crippen LogP contribution in [0.2, 0.25) is 0 Å². The minimum Gasteiger partial charge on any atom is -0.497 e. The molecule has 2 aromatic rings. The summed E-state index contributed by atoms with van der Waals surface area (Å²) in [5, 5.41) is 3.26. The molecule has 2 heterocycles. The Hall–Kier alpha value is -2.16. The fourth-order valence-corrected chi connectivity index (χ4v) is 4.37. The molecule has 0 aliphatic carbocycles. The average molecular weight is 377 g/mol. The van der Waals surface area contributed by atoms with Crippen LogP contribution < -0.4 is 19.5 Å². The van der Waals surface area contributed by atoms with Crippen LogP contribution in [-0.2, 0) is 10.0 Å². The van der Waals surface area contributed by atoms with Crippen LogP contribution in [0.3, 0.4) is 0 Å². The van der Waals surface area contributed by atoms with E-state index in [-0.39, 0.29) is 16.9 Å². The van der Waals surface area contributed by atoms with Gasteiger partial charge in [0, 0.05) is 24.6 Å². The van der Waals surface area contributed by atoms with Gasteiger partial charge in [-0.25, -0.2) is 18.1 Å². The van der Waals surface area contributed by atoms with Crippen molar-refractivity contribution >= 4 is 10.0 Å². The van der Waals surface area contributed by atoms with Gasteiger partial charge >= 0.3 is 0 Å². The number of nitrogens with one attached hydrogen (secondary N) is 2. The molecule has 26 heavy (non-hydrogen) atoms. The van der Waals surface area contributed by atoms with Crippen LogP contribution in [0.25, 0.3) is 0 Å². The molecule has 3 rings (SSSR count). The highest BCUT2D eigenvalue weighted by Gasteiger charge is 2.30. The number of methoxy groups -OCH3 is 2. The molecule has 0 radical (unpaired) electrons. The van der Waals surface area contributed by atoms with Crippen LogP contribution >= 0.6 is 0 Å². The zero-order chi connectivity index (χ0) is 18.6. The molecule has 0 amide bonds. The number of sulfonamides is 1. The molecular weight excluding hydrogens is 354 g/mol. The van der Waals surface area contributed by atoms with Gasteiger partial charge < -0.3 is 14.8 Å². The summed E-state index contributed by atoms with van der Waals surface area (Å²) in [7, 11) is -0.559. The number of aromatic nitrogens is 1. The van der Waals surface area contributed by atoms with Gasteiger partial charge in [0.15, 0.2) is 0 Å². The minimum atomic E-state index is -3.67. The molecule has 2 N–H and O–H groups in total. The summed E-state index contributed by atoms with van der Waals surface area (Å²) in [5.74, 6) is 1.24. The van der Waals surface area contributed by atoms with Gasteiger partial charge in [0.05, 0.1) is 20.4 Å². The molecule has 7 nitrogen and oxygen atoms in total. The number of piperidine rings is 1. The van der Waals surface area contributed by atoms with E-state index in [0.717, 1.165) is 24.3 Å². The number of pyridine rings is 1. The van der Waals surface area contributed by atoms with E-state index in [4.69, 9.17) is 9.47 Å². The van der Waals surface area contributed by atoms with E-state index < -0.39 is 10.0 Å². The molecule has 0 saturated carbocycles. The Balaban J connectivity index is 1.80. The Morgan fingerprint density at radius 2 is 1.88 bits per heavy atom. The second kappa shape index (κ2) is 8.03. The van der Waals surface area contributed by atoms with E-state index in [1.54, 1.807) is 7.11 Å². The normalized spacial score (nSPS) is 20.5. The predicted octanol–water partition coefficient (Wildman–Crippen LogP) is 1.52. The maximum atomic E-state index is 12.7. The highest BCUT2D eigenvalue weighted by atomic mass is 32.2. The Morgan fingerprint density at radius 1 is 1.12 bits per heavy atom. The van der Waals surface area contributed by atoms with Crippen LogP contribution in [0.15, 0.2) is 47.5 Å². The van der Waals surface area contributed by atoms with E-state index in [1.807, 2.05) is 24.3 Å². The van der Waals surface area contributed by atoms with Crippen molar-refractivity contribution in [2.24, 2.45) is 0 Å². The molecule has 1 fully saturated rings. The number of benzene rings is 1. The van der Waals surface area contributed by atoms with Crippen LogP contribution in [0.4, 0.5) is 0 Å². The van der Waals surface area contributed by atoms with Gasteiger partial charge in [-0.3, -0.25) is 0 Å². The number of hydrogen-bond donors (Lipinski definition) is 2. The Morgan fingerprint density at radius 3 is 2.50 bits per heavy atom. The first-order valence-corrected chi connectivity index (χ1v) is 9.89. The van der Waals surface area contributed by atoms with Crippen molar-refractivity contribution in [3.8, 4) is 11.6 Å². The van der Waals surface area contributed by atoms with Gasteiger partial charge in [-0.2, -0.15) is 0 Å². The molecule has 0 spiro atoms. The van der Waals surface area contributed by atoms with E-state index >= 15 is 0 Å². The number of hydrogen-bond acceptors (Lipinski definition) is 6. The monoisotopic (exact) mass is 377 g/mol. The van der Waals surface area contributed by atoms with Crippen molar-refractivity contribution in [1.82, 2.24) is 15.0 Å². The second-order valence-corrected chi connectivity index (χ2v) is 7.85. The van der Waals surface area contributed by atoms with Gasteiger partial charge in [0.25, 0.3) is 0 Å². The van der Waals surface area contributed by atoms with Crippen LogP contribution in [0.5, 0.6) is 11.6 Å². The molecule has 8 heteroatoms. The lowest BCUT2D eigenvalue weighted by atomic mass is 9.86. The highest BCUT2D eigenvalue weighted by Crippen LogP contribution is 2.28. The topological polar surface area (TPSA) is 89.6 Å². The standard InChI is InChI=1S/C18H23N3O4S/c1-24-14-5-3-13(4-6-14)16-9-10-19-12-17(16)21-26(22,23)15-7-8-18(25-2)20-11-15/h3-8,11,16-17,19,21H,9-10,12H2,1-2H3. The van der Waals surface area contributed by atoms with E-state index in [9.17, 15) is 8.42 Å². The third-order valence-electron chi connectivity index (χ3n) is 4.56. The lowest BCUT2D eigenvalue weighted by Gasteiger charge is -2.33. The summed E-state index contributed by atoms with van der Waals surface area (Å²) in [6.07, 6.45) is 2.15. The summed E-state index contributed by atoms with van der Waals surface area (Å²) in [5.41, 5.74) is 1.09. The summed E-state index contributed by atoms with van der Waals surface area (Å²) < 4.78 is 38.5. The maximum Gasteiger partial charge on any atom is 0.242 e. The summed E-state index contributed by atoms with van der Waals surface area (Å²) in [4.78, 5) is 4.10. The average Bonchev–Trinajstić information content (AvgIpc) is 2.68. The van der Waals surface area contributed by atoms with Gasteiger partial charge in [0.2, 0.25) is 15.9 Å². The Bertz CT molecular complexity index is 823. The lowest BCUT2D eigenvalue weighted by molar-refractivity contribution is 0.377. The number of ether oxygens (including phenoxy) is 2. The molecule has 1 aromatic heterocycles. The third-order valence-corrected chi connectivity index (χ3v) is 6.04. The molecule has 0 bridgehead atoms. The lowest BCUT2D eigenvalue weighted by Crippen LogP contribution is -2.49. The predicted molar refractivity (Wildman–Crippen MR) is 98.1 cm³/mol. The zero-order valence-corrected chi connectivity index (χ0v) is 15.6. The first kappa shape index (κ1) is 18.6. The molecule has 1 aromatic carbocycles. The molecule has 2 atom stereocenters. The molecule has 1 saturated heterocycles. The third kappa shape index (κ3) is 4.14. The van der Waals surface area contributed by atoms with Gasteiger partial charge in [-0.05, 0) is 36.7 Å². The summed E-state index contributed by atoms with van der Waals surface area (Å²) in [6, 6.07) is 10.6. The van der Waals surface area contributed by atoms with Crippen molar-refractivity contribution in [3.63, 3.8) is 0 Å². The van der Waals surface area contributed by atoms with Crippen molar-refractivity contribution in [1.29, 1.82) is 0 Å². The van der Waals surface area contributed by atoms with Gasteiger partial charge in [-0.15, -0.1) is 0 Å². The first-order chi connectivity index (χ1) is 12.5. The molecule has 2 unspecified atom stereocenters. The number of rotatable bonds is 6. The van der Waals surface area contributed by atoms with Crippen LogP contribution in [0, 0.1) is 0 Å². The van der Waals surface area contributed by atoms with Crippen molar-refractivity contribution < 1.29 is 17.9 Å². The van der Waals surface area contributed by atoms with E-state index in [1.165, 1.54) is 25.4 Å². The fraction of sp³-hybridized carbons (Fsp3) is 0.389. The number of nitrogens with zero attached hydrogens (tertiary/aromatic N) is 1. The Kier molecular flexibility index (Phi) is 5.75. The van der Waals surface area contributed by atoms with Gasteiger partial charge in [0.1, 0.15) is 10.6 Å². The zero-order valence-electron chi connectivity index (χ0n) is 14.8. The van der Waals surface area contributed by atoms with Crippen LogP contribution in [0.1, 0.15) is 17.9 Å². The van der Waals surface area contributed by atoms with Gasteiger partial charge in [-0.1, -0.05) is 12.1 Å². The van der Waals surface area contributed by atoms with Crippen LogP contribution in [-0.4, -0.2) is 46.8 Å². The van der Waals surface area contributed by atoms with E-state index in [2.05, 4.69) is 15.0 Å². The fourth-order valence-electron chi connectivity index (χ4n) is 3.15. The maximum absolute atomic E-state index is 12.7. The molecule has 1 aliphatic rings. The quantitative estimate of drug-likeness (QED) is 0.793. The summed E-state index contributed by atoms with van der Waals surface area (Å²) in [6.45, 7) is 1.42. The van der Waals surface area contributed by atoms with Crippen molar-refractivity contribution in [2.75, 3.05) is 27.3 Å². The first-order valence-electron chi connectivity index (χ1n) is 8.40. The van der Waals surface area contributed by atoms with E-state index in [0.29, 0.717) is 12.4 Å². The second-order valence-electron chi connectivity index (χ2n) is 6.14. The molecule has 1 aliphatic heterocycles. The summed E-state index contributed by atoms with van der Waals surface area (Å²) >= 11 is 0. The van der Waals surface area contributed by atoms with Crippen molar-refractivity contribution in [2.45, 2.75) is 23.3 Å². The van der Waals surface area contributed by atoms with Crippen molar-refractivity contribution in [3.05, 3.63) is 48.2 Å². The minimum absolute atomic E-state index is 0.0862. The largest absolute Gasteiger partial charge is 0.497 e. The highest BCUT2D eigenvalue weighted by molar-refractivity contribution is 7.89. The Labute approximate surface area is 153 Å². The molecule has 140 valence electrons. The molecular formula is C18H23N3O4S. The smallest absolute Gasteiger partial charge is 0.242 e. The SMILES string of the molecule is COc1ccc(C2CCNCC2NS(=O)(=O)c2ccc(OC)nc2)cc1.